The van der Waals surface area contributed by atoms with Crippen LogP contribution in [0.1, 0.15) is 0 Å². The van der Waals surface area contributed by atoms with Gasteiger partial charge in [-0.3, -0.25) is 4.72 Å². The zero-order valence-corrected chi connectivity index (χ0v) is 14.9. The molecule has 1 N–H and O–H groups in total. The fourth-order valence-electron chi connectivity index (χ4n) is 2.77. The van der Waals surface area contributed by atoms with Gasteiger partial charge in [-0.25, -0.2) is 13.4 Å². The standard InChI is InChI=1S/C17H14N4O2S2/c1-21-10-15(12-5-3-2-4-6-12)14-8-7-13(9-16(14)21)25(22,23)20-17-18-11-19-24-17/h2-11H,1H3,(H,18,19,20). The lowest BCUT2D eigenvalue weighted by Gasteiger charge is -2.06. The Labute approximate surface area is 149 Å². The van der Waals surface area contributed by atoms with Gasteiger partial charge in [-0.15, -0.1) is 0 Å². The van der Waals surface area contributed by atoms with Gasteiger partial charge in [0.05, 0.1) is 4.90 Å². The topological polar surface area (TPSA) is 76.9 Å². The molecule has 0 atom stereocenters. The zero-order chi connectivity index (χ0) is 17.4. The second kappa shape index (κ2) is 5.98. The Morgan fingerprint density at radius 2 is 1.92 bits per heavy atom. The number of aryl methyl sites for hydroxylation is 1. The minimum absolute atomic E-state index is 0.191. The summed E-state index contributed by atoms with van der Waals surface area (Å²) in [6.07, 6.45) is 3.32. The van der Waals surface area contributed by atoms with Crippen LogP contribution in [0, 0.1) is 0 Å². The van der Waals surface area contributed by atoms with Crippen LogP contribution in [-0.2, 0) is 17.1 Å². The van der Waals surface area contributed by atoms with Gasteiger partial charge in [-0.1, -0.05) is 36.4 Å². The van der Waals surface area contributed by atoms with E-state index >= 15 is 0 Å². The Kier molecular flexibility index (Phi) is 3.78. The van der Waals surface area contributed by atoms with Crippen molar-refractivity contribution in [1.29, 1.82) is 0 Å². The van der Waals surface area contributed by atoms with Crippen LogP contribution in [0.2, 0.25) is 0 Å². The predicted molar refractivity (Wildman–Crippen MR) is 99.1 cm³/mol. The maximum absolute atomic E-state index is 12.5. The highest BCUT2D eigenvalue weighted by Crippen LogP contribution is 2.31. The molecular formula is C17H14N4O2S2. The highest BCUT2D eigenvalue weighted by molar-refractivity contribution is 7.93. The molecule has 2 aromatic carbocycles. The van der Waals surface area contributed by atoms with Gasteiger partial charge in [-0.2, -0.15) is 4.37 Å². The van der Waals surface area contributed by atoms with Crippen LogP contribution < -0.4 is 4.72 Å². The van der Waals surface area contributed by atoms with Gasteiger partial charge in [0.1, 0.15) is 6.33 Å². The fourth-order valence-corrected chi connectivity index (χ4v) is 4.45. The number of fused-ring (bicyclic) bond motifs is 1. The predicted octanol–water partition coefficient (Wildman–Crippen LogP) is 3.50. The van der Waals surface area contributed by atoms with Gasteiger partial charge in [0.2, 0.25) is 5.13 Å². The van der Waals surface area contributed by atoms with Crippen molar-refractivity contribution in [2.45, 2.75) is 4.90 Å². The van der Waals surface area contributed by atoms with Gasteiger partial charge in [0, 0.05) is 41.2 Å². The number of aromatic nitrogens is 3. The minimum Gasteiger partial charge on any atom is -0.350 e. The lowest BCUT2D eigenvalue weighted by atomic mass is 10.1. The first-order chi connectivity index (χ1) is 12.0. The van der Waals surface area contributed by atoms with Crippen LogP contribution in [0.25, 0.3) is 22.0 Å². The van der Waals surface area contributed by atoms with E-state index in [1.54, 1.807) is 12.1 Å². The van der Waals surface area contributed by atoms with E-state index in [1.165, 1.54) is 6.33 Å². The number of hydrogen-bond donors (Lipinski definition) is 1. The molecule has 0 aliphatic heterocycles. The molecule has 25 heavy (non-hydrogen) atoms. The van der Waals surface area contributed by atoms with E-state index in [0.29, 0.717) is 0 Å². The largest absolute Gasteiger partial charge is 0.350 e. The number of rotatable bonds is 4. The first-order valence-corrected chi connectivity index (χ1v) is 9.74. The van der Waals surface area contributed by atoms with Gasteiger partial charge < -0.3 is 4.57 Å². The summed E-state index contributed by atoms with van der Waals surface area (Å²) in [6, 6.07) is 15.1. The lowest BCUT2D eigenvalue weighted by Crippen LogP contribution is -2.12. The summed E-state index contributed by atoms with van der Waals surface area (Å²) >= 11 is 0.996. The lowest BCUT2D eigenvalue weighted by molar-refractivity contribution is 0.601. The Morgan fingerprint density at radius 3 is 2.64 bits per heavy atom. The average Bonchev–Trinajstić information content (AvgIpc) is 3.23. The van der Waals surface area contributed by atoms with Gasteiger partial charge in [-0.05, 0) is 17.7 Å². The highest BCUT2D eigenvalue weighted by atomic mass is 32.2. The number of benzene rings is 2. The molecule has 0 saturated carbocycles. The third-order valence-electron chi connectivity index (χ3n) is 3.94. The molecule has 0 fully saturated rings. The molecule has 2 heterocycles. The fraction of sp³-hybridized carbons (Fsp3) is 0.0588. The molecule has 4 rings (SSSR count). The normalized spacial score (nSPS) is 11.7. The number of anilines is 1. The van der Waals surface area contributed by atoms with Crippen LogP contribution in [0.5, 0.6) is 0 Å². The van der Waals surface area contributed by atoms with Crippen molar-refractivity contribution >= 4 is 37.6 Å². The SMILES string of the molecule is Cn1cc(-c2ccccc2)c2ccc(S(=O)(=O)Nc3ncns3)cc21. The zero-order valence-electron chi connectivity index (χ0n) is 13.2. The van der Waals surface area contributed by atoms with Crippen molar-refractivity contribution in [2.75, 3.05) is 4.72 Å². The smallest absolute Gasteiger partial charge is 0.263 e. The van der Waals surface area contributed by atoms with E-state index in [1.807, 2.05) is 54.2 Å². The maximum atomic E-state index is 12.5. The van der Waals surface area contributed by atoms with E-state index in [2.05, 4.69) is 14.1 Å². The monoisotopic (exact) mass is 370 g/mol. The molecule has 6 nitrogen and oxygen atoms in total. The summed E-state index contributed by atoms with van der Waals surface area (Å²) in [5.74, 6) is 0. The maximum Gasteiger partial charge on any atom is 0.263 e. The summed E-state index contributed by atoms with van der Waals surface area (Å²) in [6.45, 7) is 0. The minimum atomic E-state index is -3.70. The molecule has 0 aliphatic rings. The van der Waals surface area contributed by atoms with Crippen molar-refractivity contribution in [3.63, 3.8) is 0 Å². The molecule has 0 saturated heterocycles. The second-order valence-electron chi connectivity index (χ2n) is 5.55. The molecule has 0 amide bonds. The molecule has 4 aromatic rings. The van der Waals surface area contributed by atoms with Crippen molar-refractivity contribution in [3.8, 4) is 11.1 Å². The van der Waals surface area contributed by atoms with Crippen molar-refractivity contribution in [2.24, 2.45) is 7.05 Å². The number of hydrogen-bond acceptors (Lipinski definition) is 5. The highest BCUT2D eigenvalue weighted by Gasteiger charge is 2.18. The van der Waals surface area contributed by atoms with Crippen molar-refractivity contribution < 1.29 is 8.42 Å². The van der Waals surface area contributed by atoms with E-state index in [0.717, 1.165) is 33.6 Å². The van der Waals surface area contributed by atoms with Crippen LogP contribution in [0.3, 0.4) is 0 Å². The van der Waals surface area contributed by atoms with E-state index in [4.69, 9.17) is 0 Å². The molecular weight excluding hydrogens is 356 g/mol. The Balaban J connectivity index is 1.80. The van der Waals surface area contributed by atoms with Crippen molar-refractivity contribution in [1.82, 2.24) is 13.9 Å². The summed E-state index contributed by atoms with van der Waals surface area (Å²) in [7, 11) is -1.80. The quantitative estimate of drug-likeness (QED) is 0.596. The van der Waals surface area contributed by atoms with Crippen LogP contribution in [-0.4, -0.2) is 22.3 Å². The van der Waals surface area contributed by atoms with Gasteiger partial charge in [0.15, 0.2) is 0 Å². The second-order valence-corrected chi connectivity index (χ2v) is 8.01. The van der Waals surface area contributed by atoms with Crippen LogP contribution in [0.15, 0.2) is 66.0 Å². The first kappa shape index (κ1) is 15.8. The molecule has 0 aliphatic carbocycles. The van der Waals surface area contributed by atoms with E-state index in [-0.39, 0.29) is 10.0 Å². The third-order valence-corrected chi connectivity index (χ3v) is 5.99. The van der Waals surface area contributed by atoms with Crippen LogP contribution >= 0.6 is 11.5 Å². The summed E-state index contributed by atoms with van der Waals surface area (Å²) in [5.41, 5.74) is 3.01. The third kappa shape index (κ3) is 2.90. The number of nitrogens with zero attached hydrogens (tertiary/aromatic N) is 3. The summed E-state index contributed by atoms with van der Waals surface area (Å²) < 4.78 is 33.3. The van der Waals surface area contributed by atoms with Gasteiger partial charge in [0.25, 0.3) is 10.0 Å². The molecule has 2 aromatic heterocycles. The number of sulfonamides is 1. The first-order valence-electron chi connectivity index (χ1n) is 7.48. The molecule has 0 spiro atoms. The summed E-state index contributed by atoms with van der Waals surface area (Å²) in [4.78, 5) is 4.05. The average molecular weight is 370 g/mol. The Hall–Kier alpha value is -2.71. The van der Waals surface area contributed by atoms with Crippen molar-refractivity contribution in [3.05, 3.63) is 61.1 Å². The molecule has 8 heteroatoms. The summed E-state index contributed by atoms with van der Waals surface area (Å²) in [5, 5.41) is 1.25. The molecule has 0 unspecified atom stereocenters. The Morgan fingerprint density at radius 1 is 1.12 bits per heavy atom. The molecule has 0 radical (unpaired) electrons. The van der Waals surface area contributed by atoms with Gasteiger partial charge >= 0.3 is 0 Å². The molecule has 0 bridgehead atoms. The van der Waals surface area contributed by atoms with E-state index < -0.39 is 10.0 Å². The molecule has 126 valence electrons. The number of nitrogens with one attached hydrogen (secondary N) is 1. The van der Waals surface area contributed by atoms with Crippen LogP contribution in [0.4, 0.5) is 5.13 Å². The van der Waals surface area contributed by atoms with E-state index in [9.17, 15) is 8.42 Å². The Bertz CT molecular complexity index is 1130.